The topological polar surface area (TPSA) is 66.9 Å². The maximum absolute atomic E-state index is 13.0. The van der Waals surface area contributed by atoms with Crippen LogP contribution in [0, 0.1) is 11.7 Å². The minimum atomic E-state index is -0.327. The lowest BCUT2D eigenvalue weighted by Gasteiger charge is -2.09. The van der Waals surface area contributed by atoms with Crippen molar-refractivity contribution in [3.63, 3.8) is 0 Å². The molecule has 0 bridgehead atoms. The van der Waals surface area contributed by atoms with Crippen molar-refractivity contribution in [3.8, 4) is 0 Å². The summed E-state index contributed by atoms with van der Waals surface area (Å²) in [5, 5.41) is 2.34. The first kappa shape index (κ1) is 19.8. The highest BCUT2D eigenvalue weighted by Gasteiger charge is 2.17. The molecule has 0 aliphatic heterocycles. The second-order valence-corrected chi connectivity index (χ2v) is 9.27. The van der Waals surface area contributed by atoms with Crippen LogP contribution in [-0.2, 0) is 12.8 Å². The number of hydrogen-bond acceptors (Lipinski definition) is 5. The molecule has 1 amide bonds. The molecule has 1 aromatic carbocycles. The van der Waals surface area contributed by atoms with E-state index in [2.05, 4.69) is 22.5 Å². The highest BCUT2D eigenvalue weighted by Crippen LogP contribution is 2.24. The number of benzene rings is 1. The standard InChI is InChI=1S/C21H19N3O2S3/c1-3-15-12(2)28-11-17(15)18(25)23-24-20(26)16-10-14(29-19(16)22-21(24)27)9-13-7-5-4-6-8-13/h4-8,10-11H,3,9H2,1-2H3,(H,22,27)(H,23,25). The number of amides is 1. The average Bonchev–Trinajstić information content (AvgIpc) is 3.28. The van der Waals surface area contributed by atoms with Crippen LogP contribution in [0.25, 0.3) is 10.2 Å². The molecule has 0 saturated carbocycles. The van der Waals surface area contributed by atoms with Crippen molar-refractivity contribution in [1.82, 2.24) is 9.66 Å². The SMILES string of the molecule is CCc1c(C(=O)Nn2c(=S)[nH]c3sc(Cc4ccccc4)cc3c2=O)csc1C. The van der Waals surface area contributed by atoms with Gasteiger partial charge in [-0.2, -0.15) is 4.68 Å². The number of nitrogens with zero attached hydrogens (tertiary/aromatic N) is 1. The Kier molecular flexibility index (Phi) is 5.49. The van der Waals surface area contributed by atoms with Crippen molar-refractivity contribution < 1.29 is 4.79 Å². The summed E-state index contributed by atoms with van der Waals surface area (Å²) in [4.78, 5) is 31.7. The van der Waals surface area contributed by atoms with E-state index in [0.29, 0.717) is 10.9 Å². The molecule has 0 unspecified atom stereocenters. The number of hydrogen-bond donors (Lipinski definition) is 2. The molecule has 0 fully saturated rings. The quantitative estimate of drug-likeness (QED) is 0.427. The normalized spacial score (nSPS) is 11.1. The van der Waals surface area contributed by atoms with E-state index in [1.165, 1.54) is 28.2 Å². The van der Waals surface area contributed by atoms with Crippen molar-refractivity contribution in [3.05, 3.63) is 83.3 Å². The molecule has 0 atom stereocenters. The minimum Gasteiger partial charge on any atom is -0.322 e. The van der Waals surface area contributed by atoms with Crippen LogP contribution in [0.1, 0.15) is 38.2 Å². The third kappa shape index (κ3) is 3.83. The summed E-state index contributed by atoms with van der Waals surface area (Å²) >= 11 is 8.38. The fraction of sp³-hybridized carbons (Fsp3) is 0.190. The fourth-order valence-corrected chi connectivity index (χ4v) is 5.63. The number of nitrogens with one attached hydrogen (secondary N) is 2. The van der Waals surface area contributed by atoms with Crippen LogP contribution >= 0.6 is 34.9 Å². The van der Waals surface area contributed by atoms with Crippen molar-refractivity contribution in [1.29, 1.82) is 0 Å². The molecule has 0 saturated heterocycles. The van der Waals surface area contributed by atoms with E-state index < -0.39 is 0 Å². The van der Waals surface area contributed by atoms with E-state index in [9.17, 15) is 9.59 Å². The van der Waals surface area contributed by atoms with Crippen molar-refractivity contribution in [2.24, 2.45) is 0 Å². The van der Waals surface area contributed by atoms with Crippen molar-refractivity contribution >= 4 is 51.0 Å². The Labute approximate surface area is 180 Å². The van der Waals surface area contributed by atoms with Crippen LogP contribution in [0.2, 0.25) is 0 Å². The average molecular weight is 442 g/mol. The highest BCUT2D eigenvalue weighted by atomic mass is 32.1. The second kappa shape index (κ2) is 8.06. The van der Waals surface area contributed by atoms with Gasteiger partial charge in [0.25, 0.3) is 11.5 Å². The lowest BCUT2D eigenvalue weighted by molar-refractivity contribution is 0.101. The van der Waals surface area contributed by atoms with Crippen LogP contribution in [-0.4, -0.2) is 15.6 Å². The number of carbonyl (C=O) groups is 1. The predicted molar refractivity (Wildman–Crippen MR) is 123 cm³/mol. The monoisotopic (exact) mass is 441 g/mol. The van der Waals surface area contributed by atoms with Crippen LogP contribution in [0.5, 0.6) is 0 Å². The van der Waals surface area contributed by atoms with Gasteiger partial charge >= 0.3 is 0 Å². The van der Waals surface area contributed by atoms with Crippen LogP contribution < -0.4 is 11.0 Å². The number of thiophene rings is 2. The van der Waals surface area contributed by atoms with Gasteiger partial charge in [0, 0.05) is 21.6 Å². The Morgan fingerprint density at radius 1 is 1.28 bits per heavy atom. The summed E-state index contributed by atoms with van der Waals surface area (Å²) in [6.07, 6.45) is 1.49. The molecule has 0 radical (unpaired) electrons. The fourth-order valence-electron chi connectivity index (χ4n) is 3.32. The number of rotatable bonds is 5. The molecule has 29 heavy (non-hydrogen) atoms. The first-order valence-corrected chi connectivity index (χ1v) is 11.3. The smallest absolute Gasteiger partial charge is 0.282 e. The highest BCUT2D eigenvalue weighted by molar-refractivity contribution is 7.71. The zero-order valence-corrected chi connectivity index (χ0v) is 18.4. The molecular formula is C21H19N3O2S3. The van der Waals surface area contributed by atoms with Crippen molar-refractivity contribution in [2.45, 2.75) is 26.7 Å². The van der Waals surface area contributed by atoms with Gasteiger partial charge in [-0.25, -0.2) is 0 Å². The van der Waals surface area contributed by atoms with Gasteiger partial charge in [-0.1, -0.05) is 37.3 Å². The number of H-pyrrole nitrogens is 1. The Balaban J connectivity index is 1.69. The summed E-state index contributed by atoms with van der Waals surface area (Å²) in [6.45, 7) is 4.00. The summed E-state index contributed by atoms with van der Waals surface area (Å²) < 4.78 is 1.31. The van der Waals surface area contributed by atoms with Gasteiger partial charge in [-0.3, -0.25) is 15.0 Å². The summed E-state index contributed by atoms with van der Waals surface area (Å²) in [5.41, 5.74) is 5.11. The third-order valence-electron chi connectivity index (χ3n) is 4.78. The molecule has 2 N–H and O–H groups in total. The number of aryl methyl sites for hydroxylation is 1. The van der Waals surface area contributed by atoms with Gasteiger partial charge in [0.15, 0.2) is 0 Å². The Hall–Kier alpha value is -2.55. The minimum absolute atomic E-state index is 0.175. The van der Waals surface area contributed by atoms with E-state index in [-0.39, 0.29) is 16.2 Å². The number of fused-ring (bicyclic) bond motifs is 1. The Morgan fingerprint density at radius 3 is 2.76 bits per heavy atom. The molecule has 148 valence electrons. The number of aromatic amines is 1. The zero-order chi connectivity index (χ0) is 20.5. The maximum atomic E-state index is 13.0. The Bertz CT molecular complexity index is 1310. The molecule has 5 nitrogen and oxygen atoms in total. The summed E-state index contributed by atoms with van der Waals surface area (Å²) in [7, 11) is 0. The molecule has 3 heterocycles. The zero-order valence-electron chi connectivity index (χ0n) is 15.9. The molecule has 0 aliphatic carbocycles. The molecular weight excluding hydrogens is 422 g/mol. The lowest BCUT2D eigenvalue weighted by atomic mass is 10.1. The summed E-state index contributed by atoms with van der Waals surface area (Å²) in [5.74, 6) is -0.327. The predicted octanol–water partition coefficient (Wildman–Crippen LogP) is 5.03. The molecule has 3 aromatic heterocycles. The molecule has 4 rings (SSSR count). The second-order valence-electron chi connectivity index (χ2n) is 6.67. The van der Waals surface area contributed by atoms with Gasteiger partial charge in [-0.05, 0) is 42.8 Å². The van der Waals surface area contributed by atoms with E-state index in [4.69, 9.17) is 12.2 Å². The number of carbonyl (C=O) groups excluding carboxylic acids is 1. The van der Waals surface area contributed by atoms with Crippen LogP contribution in [0.4, 0.5) is 0 Å². The van der Waals surface area contributed by atoms with Crippen molar-refractivity contribution in [2.75, 3.05) is 5.43 Å². The van der Waals surface area contributed by atoms with Gasteiger partial charge in [-0.15, -0.1) is 22.7 Å². The van der Waals surface area contributed by atoms with E-state index in [1.54, 1.807) is 0 Å². The van der Waals surface area contributed by atoms with Gasteiger partial charge < -0.3 is 4.98 Å². The van der Waals surface area contributed by atoms with Gasteiger partial charge in [0.2, 0.25) is 4.77 Å². The first-order chi connectivity index (χ1) is 14.0. The van der Waals surface area contributed by atoms with Crippen LogP contribution in [0.3, 0.4) is 0 Å². The van der Waals surface area contributed by atoms with E-state index >= 15 is 0 Å². The van der Waals surface area contributed by atoms with E-state index in [1.807, 2.05) is 43.5 Å². The Morgan fingerprint density at radius 2 is 2.03 bits per heavy atom. The molecule has 0 aliphatic rings. The molecule has 8 heteroatoms. The van der Waals surface area contributed by atoms with Gasteiger partial charge in [0.1, 0.15) is 4.83 Å². The first-order valence-electron chi connectivity index (χ1n) is 9.18. The maximum Gasteiger partial charge on any atom is 0.282 e. The number of aromatic nitrogens is 2. The van der Waals surface area contributed by atoms with Crippen LogP contribution in [0.15, 0.2) is 46.6 Å². The van der Waals surface area contributed by atoms with E-state index in [0.717, 1.165) is 37.7 Å². The van der Waals surface area contributed by atoms with Gasteiger partial charge in [0.05, 0.1) is 10.9 Å². The molecule has 0 spiro atoms. The summed E-state index contributed by atoms with van der Waals surface area (Å²) in [6, 6.07) is 11.9. The third-order valence-corrected chi connectivity index (χ3v) is 7.07. The molecule has 4 aromatic rings. The lowest BCUT2D eigenvalue weighted by Crippen LogP contribution is -2.34. The largest absolute Gasteiger partial charge is 0.322 e.